The standard InChI is InChI=1S/C37H30N3.BF4/c1-7-19-31(20-8-1)38-37(39(32-21-9-2-10-22-32)33-23-11-3-12-24-33)40(34-25-13-4-14-26-34,35-27-15-5-16-28-35)36-29-17-6-18-30-36;2-1(3,4)5/h1-30H;/q+1;-1. The molecule has 0 saturated heterocycles. The van der Waals surface area contributed by atoms with Gasteiger partial charge < -0.3 is 17.3 Å². The van der Waals surface area contributed by atoms with E-state index in [0.29, 0.717) is 0 Å². The van der Waals surface area contributed by atoms with E-state index in [4.69, 9.17) is 4.99 Å². The van der Waals surface area contributed by atoms with E-state index in [1.807, 2.05) is 30.3 Å². The number of hydrogen-bond donors (Lipinski definition) is 0. The Labute approximate surface area is 260 Å². The lowest BCUT2D eigenvalue weighted by atomic mass is 10.1. The summed E-state index contributed by atoms with van der Waals surface area (Å²) in [6.07, 6.45) is 0. The molecule has 0 heterocycles. The number of halogens is 4. The van der Waals surface area contributed by atoms with Crippen LogP contribution in [0.3, 0.4) is 0 Å². The van der Waals surface area contributed by atoms with E-state index in [-0.39, 0.29) is 4.48 Å². The third-order valence-electron chi connectivity index (χ3n) is 6.94. The lowest BCUT2D eigenvalue weighted by Gasteiger charge is -2.41. The molecule has 8 heteroatoms. The van der Waals surface area contributed by atoms with Gasteiger partial charge in [0.2, 0.25) is 0 Å². The highest BCUT2D eigenvalue weighted by atomic mass is 19.5. The minimum atomic E-state index is -6.00. The molecule has 0 bridgehead atoms. The van der Waals surface area contributed by atoms with Crippen molar-refractivity contribution in [3.8, 4) is 0 Å². The third kappa shape index (κ3) is 7.55. The first kappa shape index (κ1) is 31.0. The van der Waals surface area contributed by atoms with Crippen molar-refractivity contribution in [2.75, 3.05) is 4.90 Å². The quantitative estimate of drug-likeness (QED) is 0.0608. The van der Waals surface area contributed by atoms with Crippen molar-refractivity contribution >= 4 is 47.3 Å². The maximum absolute atomic E-state index is 9.75. The van der Waals surface area contributed by atoms with Crippen molar-refractivity contribution in [2.24, 2.45) is 4.99 Å². The zero-order valence-corrected chi connectivity index (χ0v) is 24.3. The van der Waals surface area contributed by atoms with E-state index in [2.05, 4.69) is 157 Å². The first-order valence-electron chi connectivity index (χ1n) is 14.3. The highest BCUT2D eigenvalue weighted by Gasteiger charge is 2.46. The zero-order chi connectivity index (χ0) is 31.5. The molecule has 3 nitrogen and oxygen atoms in total. The first-order chi connectivity index (χ1) is 21.9. The van der Waals surface area contributed by atoms with Crippen LogP contribution >= 0.6 is 0 Å². The Morgan fingerprint density at radius 3 is 1.00 bits per heavy atom. The predicted octanol–water partition coefficient (Wildman–Crippen LogP) is 11.5. The van der Waals surface area contributed by atoms with Gasteiger partial charge >= 0.3 is 13.2 Å². The van der Waals surface area contributed by atoms with Gasteiger partial charge in [0.25, 0.3) is 0 Å². The molecule has 0 amide bonds. The van der Waals surface area contributed by atoms with Gasteiger partial charge in [-0.1, -0.05) is 109 Å². The van der Waals surface area contributed by atoms with Gasteiger partial charge in [-0.25, -0.2) is 4.90 Å². The Morgan fingerprint density at radius 2 is 0.689 bits per heavy atom. The van der Waals surface area contributed by atoms with Gasteiger partial charge in [0, 0.05) is 36.4 Å². The second-order valence-electron chi connectivity index (χ2n) is 9.93. The molecule has 6 aromatic carbocycles. The lowest BCUT2D eigenvalue weighted by Crippen LogP contribution is -2.52. The van der Waals surface area contributed by atoms with Crippen LogP contribution in [0.15, 0.2) is 187 Å². The van der Waals surface area contributed by atoms with Crippen LogP contribution in [-0.2, 0) is 0 Å². The van der Waals surface area contributed by atoms with Crippen molar-refractivity contribution in [2.45, 2.75) is 0 Å². The van der Waals surface area contributed by atoms with Gasteiger partial charge in [-0.05, 0) is 36.4 Å². The average Bonchev–Trinajstić information content (AvgIpc) is 3.07. The van der Waals surface area contributed by atoms with Crippen molar-refractivity contribution in [1.82, 2.24) is 4.48 Å². The number of hydrogen-bond acceptors (Lipinski definition) is 1. The smallest absolute Gasteiger partial charge is 0.418 e. The summed E-state index contributed by atoms with van der Waals surface area (Å²) >= 11 is 0. The van der Waals surface area contributed by atoms with E-state index in [1.54, 1.807) is 0 Å². The molecule has 0 fully saturated rings. The molecule has 0 unspecified atom stereocenters. The molecular formula is C37H30BF4N3. The van der Waals surface area contributed by atoms with E-state index in [0.717, 1.165) is 40.1 Å². The first-order valence-corrected chi connectivity index (χ1v) is 14.3. The molecule has 6 rings (SSSR count). The highest BCUT2D eigenvalue weighted by Crippen LogP contribution is 2.47. The van der Waals surface area contributed by atoms with Crippen LogP contribution in [0.1, 0.15) is 0 Å². The summed E-state index contributed by atoms with van der Waals surface area (Å²) in [4.78, 5) is 7.81. The number of benzene rings is 6. The number of nitrogens with zero attached hydrogens (tertiary/aromatic N) is 3. The molecule has 0 aliphatic rings. The van der Waals surface area contributed by atoms with Crippen LogP contribution < -0.4 is 9.38 Å². The number of aliphatic imine (C=N–C) groups is 1. The van der Waals surface area contributed by atoms with Crippen LogP contribution in [0.25, 0.3) is 0 Å². The average molecular weight is 603 g/mol. The summed E-state index contributed by atoms with van der Waals surface area (Å²) in [6.45, 7) is 0. The number of rotatable bonds is 6. The molecule has 0 aromatic heterocycles. The SMILES string of the molecule is F[B-](F)(F)F.c1ccc(N=C(N(c2ccccc2)c2ccccc2)[N+](c2ccccc2)(c2ccccc2)c2ccccc2)cc1. The molecule has 0 saturated carbocycles. The van der Waals surface area contributed by atoms with Crippen molar-refractivity contribution in [3.63, 3.8) is 0 Å². The number of quaternary nitrogens is 1. The van der Waals surface area contributed by atoms with E-state index in [1.165, 1.54) is 0 Å². The van der Waals surface area contributed by atoms with E-state index in [9.17, 15) is 17.3 Å². The van der Waals surface area contributed by atoms with Crippen LogP contribution in [0.5, 0.6) is 0 Å². The Balaban J connectivity index is 0.000000743. The monoisotopic (exact) mass is 603 g/mol. The minimum Gasteiger partial charge on any atom is -0.418 e. The summed E-state index contributed by atoms with van der Waals surface area (Å²) in [5.74, 6) is 0.826. The molecule has 0 aliphatic heterocycles. The summed E-state index contributed by atoms with van der Waals surface area (Å²) < 4.78 is 39.3. The molecule has 0 radical (unpaired) electrons. The predicted molar refractivity (Wildman–Crippen MR) is 179 cm³/mol. The lowest BCUT2D eigenvalue weighted by molar-refractivity contribution is 0.368. The zero-order valence-electron chi connectivity index (χ0n) is 24.3. The molecule has 6 aromatic rings. The van der Waals surface area contributed by atoms with Gasteiger partial charge in [0.05, 0.1) is 17.1 Å². The molecule has 0 N–H and O–H groups in total. The minimum absolute atomic E-state index is 0.265. The van der Waals surface area contributed by atoms with Crippen molar-refractivity contribution < 1.29 is 17.3 Å². The topological polar surface area (TPSA) is 15.6 Å². The van der Waals surface area contributed by atoms with Crippen LogP contribution in [0.4, 0.5) is 51.4 Å². The summed E-state index contributed by atoms with van der Waals surface area (Å²) in [5.41, 5.74) is 6.14. The second-order valence-corrected chi connectivity index (χ2v) is 9.93. The summed E-state index contributed by atoms with van der Waals surface area (Å²) in [6, 6.07) is 63.1. The van der Waals surface area contributed by atoms with Crippen molar-refractivity contribution in [3.05, 3.63) is 182 Å². The molecule has 45 heavy (non-hydrogen) atoms. The fourth-order valence-corrected chi connectivity index (χ4v) is 5.18. The van der Waals surface area contributed by atoms with Crippen LogP contribution in [-0.4, -0.2) is 13.2 Å². The van der Waals surface area contributed by atoms with Gasteiger partial charge in [0.1, 0.15) is 0 Å². The Hall–Kier alpha value is -5.47. The number of anilines is 2. The maximum atomic E-state index is 9.75. The molecule has 224 valence electrons. The van der Waals surface area contributed by atoms with Gasteiger partial charge in [0.15, 0.2) is 17.1 Å². The fourth-order valence-electron chi connectivity index (χ4n) is 5.18. The Morgan fingerprint density at radius 1 is 0.422 bits per heavy atom. The van der Waals surface area contributed by atoms with Crippen LogP contribution in [0, 0.1) is 0 Å². The second kappa shape index (κ2) is 14.3. The normalized spacial score (nSPS) is 11.7. The Kier molecular flexibility index (Phi) is 9.87. The van der Waals surface area contributed by atoms with Crippen molar-refractivity contribution in [1.29, 1.82) is 0 Å². The van der Waals surface area contributed by atoms with Gasteiger partial charge in [-0.15, -0.1) is 0 Å². The molecular weight excluding hydrogens is 573 g/mol. The molecule has 0 spiro atoms. The highest BCUT2D eigenvalue weighted by molar-refractivity contribution is 6.50. The van der Waals surface area contributed by atoms with Gasteiger partial charge in [-0.3, -0.25) is 0 Å². The number of guanidine groups is 1. The van der Waals surface area contributed by atoms with Crippen LogP contribution in [0.2, 0.25) is 0 Å². The maximum Gasteiger partial charge on any atom is 0.673 e. The fraction of sp³-hybridized carbons (Fsp3) is 0. The largest absolute Gasteiger partial charge is 0.673 e. The Bertz CT molecular complexity index is 1630. The number of para-hydroxylation sites is 6. The van der Waals surface area contributed by atoms with Gasteiger partial charge in [-0.2, -0.15) is 9.48 Å². The van der Waals surface area contributed by atoms with E-state index < -0.39 is 7.25 Å². The molecule has 0 atom stereocenters. The summed E-state index contributed by atoms with van der Waals surface area (Å²) in [7, 11) is -6.00. The molecule has 0 aliphatic carbocycles. The third-order valence-corrected chi connectivity index (χ3v) is 6.94. The summed E-state index contributed by atoms with van der Waals surface area (Å²) in [5, 5.41) is 0. The van der Waals surface area contributed by atoms with E-state index >= 15 is 0 Å².